The monoisotopic (exact) mass is 253 g/mol. The first-order valence-corrected chi connectivity index (χ1v) is 5.45. The largest absolute Gasteiger partial charge is 0.480 e. The van der Waals surface area contributed by atoms with E-state index >= 15 is 0 Å². The van der Waals surface area contributed by atoms with Gasteiger partial charge in [-0.3, -0.25) is 4.79 Å². The molecule has 0 fully saturated rings. The molecule has 17 heavy (non-hydrogen) atoms. The number of carboxylic acids is 1. The summed E-state index contributed by atoms with van der Waals surface area (Å²) in [5.41, 5.74) is 7.10. The van der Waals surface area contributed by atoms with E-state index in [1.165, 1.54) is 0 Å². The number of hydrogen-bond acceptors (Lipinski definition) is 3. The lowest BCUT2D eigenvalue weighted by atomic mass is 10.1. The van der Waals surface area contributed by atoms with Crippen molar-refractivity contribution in [2.75, 3.05) is 0 Å². The number of aryl methyl sites for hydroxylation is 1. The van der Waals surface area contributed by atoms with Crippen LogP contribution < -0.4 is 5.73 Å². The lowest BCUT2D eigenvalue weighted by Gasteiger charge is -2.07. The summed E-state index contributed by atoms with van der Waals surface area (Å²) in [6.07, 6.45) is 1.82. The van der Waals surface area contributed by atoms with Gasteiger partial charge in [-0.1, -0.05) is 11.6 Å². The Morgan fingerprint density at radius 2 is 2.35 bits per heavy atom. The number of aromatic nitrogens is 2. The molecule has 2 aromatic rings. The molecule has 0 unspecified atom stereocenters. The van der Waals surface area contributed by atoms with Crippen molar-refractivity contribution in [3.63, 3.8) is 0 Å². The van der Waals surface area contributed by atoms with Crippen molar-refractivity contribution in [2.45, 2.75) is 12.5 Å². The van der Waals surface area contributed by atoms with Crippen molar-refractivity contribution >= 4 is 28.6 Å². The minimum Gasteiger partial charge on any atom is -0.480 e. The number of pyridine rings is 1. The van der Waals surface area contributed by atoms with Gasteiger partial charge in [0.25, 0.3) is 0 Å². The van der Waals surface area contributed by atoms with Gasteiger partial charge in [-0.15, -0.1) is 0 Å². The number of nitrogens with zero attached hydrogens (tertiary/aromatic N) is 2. The predicted molar refractivity (Wildman–Crippen MR) is 65.0 cm³/mol. The van der Waals surface area contributed by atoms with Gasteiger partial charge >= 0.3 is 5.97 Å². The van der Waals surface area contributed by atoms with Crippen molar-refractivity contribution in [3.05, 3.63) is 29.0 Å². The topological polar surface area (TPSA) is 81.1 Å². The Hall–Kier alpha value is -1.59. The highest BCUT2D eigenvalue weighted by atomic mass is 35.5. The van der Waals surface area contributed by atoms with Crippen molar-refractivity contribution in [1.29, 1.82) is 0 Å². The fraction of sp³-hybridized carbons (Fsp3) is 0.273. The van der Waals surface area contributed by atoms with Crippen LogP contribution in [0.1, 0.15) is 5.69 Å². The first-order valence-electron chi connectivity index (χ1n) is 5.07. The van der Waals surface area contributed by atoms with Crippen LogP contribution in [0, 0.1) is 0 Å². The summed E-state index contributed by atoms with van der Waals surface area (Å²) < 4.78 is 1.83. The fourth-order valence-electron chi connectivity index (χ4n) is 1.76. The van der Waals surface area contributed by atoms with Gasteiger partial charge in [-0.25, -0.2) is 4.98 Å². The second-order valence-electron chi connectivity index (χ2n) is 3.91. The SMILES string of the molecule is Cn1c(C[C@H](N)C(=O)O)cc2cc(Cl)cnc21. The molecule has 2 aromatic heterocycles. The highest BCUT2D eigenvalue weighted by Gasteiger charge is 2.16. The highest BCUT2D eigenvalue weighted by Crippen LogP contribution is 2.20. The second-order valence-corrected chi connectivity index (χ2v) is 4.35. The van der Waals surface area contributed by atoms with E-state index in [-0.39, 0.29) is 6.42 Å². The van der Waals surface area contributed by atoms with E-state index < -0.39 is 12.0 Å². The van der Waals surface area contributed by atoms with Crippen LogP contribution in [-0.4, -0.2) is 26.7 Å². The van der Waals surface area contributed by atoms with Gasteiger partial charge in [0.2, 0.25) is 0 Å². The number of carbonyl (C=O) groups is 1. The van der Waals surface area contributed by atoms with E-state index in [0.717, 1.165) is 16.7 Å². The lowest BCUT2D eigenvalue weighted by molar-refractivity contribution is -0.138. The number of carboxylic acid groups (broad SMARTS) is 1. The molecule has 0 aliphatic carbocycles. The first kappa shape index (κ1) is 11.9. The maximum Gasteiger partial charge on any atom is 0.320 e. The fourth-order valence-corrected chi connectivity index (χ4v) is 1.92. The third-order valence-electron chi connectivity index (χ3n) is 2.68. The second kappa shape index (κ2) is 4.35. The van der Waals surface area contributed by atoms with Gasteiger partial charge in [0.15, 0.2) is 0 Å². The van der Waals surface area contributed by atoms with Crippen LogP contribution in [0.15, 0.2) is 18.3 Å². The van der Waals surface area contributed by atoms with Gasteiger partial charge < -0.3 is 15.4 Å². The van der Waals surface area contributed by atoms with Crippen LogP contribution in [0.5, 0.6) is 0 Å². The molecule has 0 aliphatic heterocycles. The average Bonchev–Trinajstić information content (AvgIpc) is 2.55. The van der Waals surface area contributed by atoms with E-state index in [4.69, 9.17) is 22.4 Å². The van der Waals surface area contributed by atoms with Crippen LogP contribution in [0.2, 0.25) is 5.02 Å². The lowest BCUT2D eigenvalue weighted by Crippen LogP contribution is -2.32. The van der Waals surface area contributed by atoms with Gasteiger partial charge in [-0.05, 0) is 12.1 Å². The standard InChI is InChI=1S/C11H12ClN3O2/c1-15-8(4-9(13)11(16)17)3-6-2-7(12)5-14-10(6)15/h2-3,5,9H,4,13H2,1H3,(H,16,17)/t9-/m0/s1. The molecule has 2 rings (SSSR count). The zero-order valence-corrected chi connectivity index (χ0v) is 9.98. The Morgan fingerprint density at radius 1 is 1.65 bits per heavy atom. The molecule has 5 nitrogen and oxygen atoms in total. The van der Waals surface area contributed by atoms with Crippen molar-refractivity contribution in [1.82, 2.24) is 9.55 Å². The Balaban J connectivity index is 2.42. The molecule has 0 amide bonds. The molecule has 1 atom stereocenters. The quantitative estimate of drug-likeness (QED) is 0.861. The molecule has 6 heteroatoms. The van der Waals surface area contributed by atoms with Crippen LogP contribution in [0.4, 0.5) is 0 Å². The molecule has 90 valence electrons. The summed E-state index contributed by atoms with van der Waals surface area (Å²) in [5, 5.41) is 10.2. The molecule has 0 saturated heterocycles. The van der Waals surface area contributed by atoms with E-state index in [1.54, 1.807) is 12.3 Å². The molecule has 2 heterocycles. The Labute approximate surface area is 103 Å². The third-order valence-corrected chi connectivity index (χ3v) is 2.89. The Morgan fingerprint density at radius 3 is 3.00 bits per heavy atom. The maximum absolute atomic E-state index is 10.7. The number of hydrogen-bond donors (Lipinski definition) is 2. The summed E-state index contributed by atoms with van der Waals surface area (Å²) >= 11 is 5.85. The van der Waals surface area contributed by atoms with E-state index in [0.29, 0.717) is 5.02 Å². The van der Waals surface area contributed by atoms with Gasteiger partial charge in [-0.2, -0.15) is 0 Å². The minimum atomic E-state index is -1.01. The van der Waals surface area contributed by atoms with Crippen molar-refractivity contribution in [3.8, 4) is 0 Å². The van der Waals surface area contributed by atoms with E-state index in [1.807, 2.05) is 17.7 Å². The van der Waals surface area contributed by atoms with Gasteiger partial charge in [0.05, 0.1) is 5.02 Å². The van der Waals surface area contributed by atoms with Crippen molar-refractivity contribution < 1.29 is 9.90 Å². The number of nitrogens with two attached hydrogens (primary N) is 1. The first-order chi connectivity index (χ1) is 7.99. The number of rotatable bonds is 3. The molecule has 0 aromatic carbocycles. The molecule has 0 aliphatic rings. The maximum atomic E-state index is 10.7. The molecule has 0 bridgehead atoms. The summed E-state index contributed by atoms with van der Waals surface area (Å²) in [7, 11) is 1.83. The van der Waals surface area contributed by atoms with Crippen molar-refractivity contribution in [2.24, 2.45) is 12.8 Å². The smallest absolute Gasteiger partial charge is 0.320 e. The molecule has 3 N–H and O–H groups in total. The number of fused-ring (bicyclic) bond motifs is 1. The molecule has 0 radical (unpaired) electrons. The summed E-state index contributed by atoms with van der Waals surface area (Å²) in [4.78, 5) is 14.9. The van der Waals surface area contributed by atoms with E-state index in [2.05, 4.69) is 4.98 Å². The van der Waals surface area contributed by atoms with Crippen LogP contribution in [0.3, 0.4) is 0 Å². The number of aliphatic carboxylic acids is 1. The minimum absolute atomic E-state index is 0.264. The van der Waals surface area contributed by atoms with Crippen LogP contribution in [0.25, 0.3) is 11.0 Å². The molecule has 0 saturated carbocycles. The molecule has 0 spiro atoms. The van der Waals surface area contributed by atoms with Gasteiger partial charge in [0.1, 0.15) is 11.7 Å². The predicted octanol–water partition coefficient (Wildman–Crippen LogP) is 1.18. The summed E-state index contributed by atoms with van der Waals surface area (Å²) in [6.45, 7) is 0. The Kier molecular flexibility index (Phi) is 3.04. The zero-order valence-electron chi connectivity index (χ0n) is 9.22. The molecular formula is C11H12ClN3O2. The summed E-state index contributed by atoms with van der Waals surface area (Å²) in [6, 6.07) is 2.74. The normalized spacial score (nSPS) is 12.9. The Bertz CT molecular complexity index is 579. The third kappa shape index (κ3) is 2.25. The van der Waals surface area contributed by atoms with Crippen LogP contribution >= 0.6 is 11.6 Å². The summed E-state index contributed by atoms with van der Waals surface area (Å²) in [5.74, 6) is -1.01. The highest BCUT2D eigenvalue weighted by molar-refractivity contribution is 6.31. The average molecular weight is 254 g/mol. The van der Waals surface area contributed by atoms with Gasteiger partial charge in [0, 0.05) is 30.7 Å². The van der Waals surface area contributed by atoms with E-state index in [9.17, 15) is 4.79 Å². The number of halogens is 1. The van der Waals surface area contributed by atoms with Crippen LogP contribution in [-0.2, 0) is 18.3 Å². The zero-order chi connectivity index (χ0) is 12.6. The molecular weight excluding hydrogens is 242 g/mol.